The maximum absolute atomic E-state index is 12.8. The van der Waals surface area contributed by atoms with Gasteiger partial charge in [0.15, 0.2) is 5.78 Å². The molecule has 0 aliphatic carbocycles. The van der Waals surface area contributed by atoms with Crippen LogP contribution in [0.3, 0.4) is 0 Å². The number of carboxylic acids is 1. The van der Waals surface area contributed by atoms with Gasteiger partial charge in [-0.15, -0.1) is 23.1 Å². The number of ether oxygens (including phenoxy) is 1. The van der Waals surface area contributed by atoms with E-state index in [2.05, 4.69) is 4.98 Å². The summed E-state index contributed by atoms with van der Waals surface area (Å²) < 4.78 is 43.9. The van der Waals surface area contributed by atoms with E-state index in [0.717, 1.165) is 27.6 Å². The van der Waals surface area contributed by atoms with Crippen LogP contribution in [0.1, 0.15) is 32.9 Å². The Labute approximate surface area is 195 Å². The molecular weight excluding hydrogens is 475 g/mol. The van der Waals surface area contributed by atoms with E-state index in [0.29, 0.717) is 27.6 Å². The molecule has 1 aliphatic heterocycles. The summed E-state index contributed by atoms with van der Waals surface area (Å²) >= 11 is 2.90. The molecule has 33 heavy (non-hydrogen) atoms. The van der Waals surface area contributed by atoms with Gasteiger partial charge in [-0.2, -0.15) is 13.2 Å². The molecule has 2 aromatic carbocycles. The lowest BCUT2D eigenvalue weighted by Gasteiger charge is -2.23. The Balaban J connectivity index is 1.47. The highest BCUT2D eigenvalue weighted by Crippen LogP contribution is 2.37. The van der Waals surface area contributed by atoms with E-state index < -0.39 is 23.6 Å². The van der Waals surface area contributed by atoms with Crippen molar-refractivity contribution in [3.63, 3.8) is 0 Å². The predicted octanol–water partition coefficient (Wildman–Crippen LogP) is 6.10. The van der Waals surface area contributed by atoms with Gasteiger partial charge in [0.25, 0.3) is 0 Å². The summed E-state index contributed by atoms with van der Waals surface area (Å²) in [7, 11) is 0. The third-order valence-corrected chi connectivity index (χ3v) is 7.58. The molecule has 1 aliphatic rings. The Morgan fingerprint density at radius 1 is 1.24 bits per heavy atom. The van der Waals surface area contributed by atoms with Crippen molar-refractivity contribution in [2.24, 2.45) is 5.92 Å². The van der Waals surface area contributed by atoms with Crippen LogP contribution in [0, 0.1) is 12.8 Å². The second-order valence-corrected chi connectivity index (χ2v) is 9.65. The van der Waals surface area contributed by atoms with Gasteiger partial charge in [0.1, 0.15) is 10.8 Å². The van der Waals surface area contributed by atoms with Crippen molar-refractivity contribution in [1.82, 2.24) is 4.98 Å². The van der Waals surface area contributed by atoms with E-state index in [1.807, 2.05) is 13.0 Å². The number of carbonyl (C=O) groups excluding carboxylic acids is 1. The highest BCUT2D eigenvalue weighted by molar-refractivity contribution is 7.98. The quantitative estimate of drug-likeness (QED) is 0.419. The van der Waals surface area contributed by atoms with Gasteiger partial charge in [-0.3, -0.25) is 9.59 Å². The number of rotatable bonds is 6. The number of nitrogens with zero attached hydrogens (tertiary/aromatic N) is 1. The van der Waals surface area contributed by atoms with Crippen LogP contribution in [-0.2, 0) is 16.7 Å². The third kappa shape index (κ3) is 5.22. The first kappa shape index (κ1) is 23.3. The van der Waals surface area contributed by atoms with Crippen LogP contribution in [0.2, 0.25) is 0 Å². The number of thiazole rings is 1. The summed E-state index contributed by atoms with van der Waals surface area (Å²) in [6.07, 6.45) is -4.66. The minimum atomic E-state index is -4.38. The molecule has 0 fully saturated rings. The van der Waals surface area contributed by atoms with E-state index in [4.69, 9.17) is 9.84 Å². The first-order valence-corrected chi connectivity index (χ1v) is 11.7. The molecule has 0 saturated carbocycles. The van der Waals surface area contributed by atoms with Crippen molar-refractivity contribution in [2.45, 2.75) is 30.2 Å². The zero-order valence-corrected chi connectivity index (χ0v) is 18.9. The Morgan fingerprint density at radius 2 is 1.97 bits per heavy atom. The third-order valence-electron chi connectivity index (χ3n) is 5.17. The monoisotopic (exact) mass is 493 g/mol. The van der Waals surface area contributed by atoms with Crippen molar-refractivity contribution >= 4 is 34.9 Å². The summed E-state index contributed by atoms with van der Waals surface area (Å²) in [4.78, 5) is 29.9. The molecule has 0 saturated heterocycles. The summed E-state index contributed by atoms with van der Waals surface area (Å²) in [6.45, 7) is 1.90. The average Bonchev–Trinajstić information content (AvgIpc) is 3.14. The van der Waals surface area contributed by atoms with Gasteiger partial charge in [0.05, 0.1) is 35.8 Å². The smallest absolute Gasteiger partial charge is 0.416 e. The van der Waals surface area contributed by atoms with Gasteiger partial charge >= 0.3 is 12.1 Å². The average molecular weight is 494 g/mol. The van der Waals surface area contributed by atoms with E-state index in [1.165, 1.54) is 35.2 Å². The molecule has 10 heteroatoms. The highest BCUT2D eigenvalue weighted by Gasteiger charge is 2.31. The van der Waals surface area contributed by atoms with Gasteiger partial charge in [0, 0.05) is 21.1 Å². The largest absolute Gasteiger partial charge is 0.492 e. The molecule has 1 unspecified atom stereocenters. The number of carbonyl (C=O) groups is 2. The molecule has 4 rings (SSSR count). The fraction of sp³-hybridized carbons (Fsp3) is 0.261. The molecular formula is C23H18F3NO4S2. The summed E-state index contributed by atoms with van der Waals surface area (Å²) in [5.74, 6) is -0.971. The van der Waals surface area contributed by atoms with E-state index >= 15 is 0 Å². The Morgan fingerprint density at radius 3 is 2.64 bits per heavy atom. The zero-order chi connectivity index (χ0) is 23.8. The molecule has 3 aromatic rings. The molecule has 1 atom stereocenters. The number of hydrogen-bond acceptors (Lipinski definition) is 6. The molecule has 2 heterocycles. The van der Waals surface area contributed by atoms with Crippen molar-refractivity contribution < 1.29 is 32.6 Å². The minimum Gasteiger partial charge on any atom is -0.492 e. The number of halogens is 3. The Hall–Kier alpha value is -2.85. The number of alkyl halides is 3. The summed E-state index contributed by atoms with van der Waals surface area (Å²) in [6, 6.07) is 10.2. The zero-order valence-electron chi connectivity index (χ0n) is 17.3. The van der Waals surface area contributed by atoms with E-state index in [-0.39, 0.29) is 18.8 Å². The molecule has 1 N–H and O–H groups in total. The van der Waals surface area contributed by atoms with Gasteiger partial charge in [-0.1, -0.05) is 12.1 Å². The van der Waals surface area contributed by atoms with Gasteiger partial charge in [-0.05, 0) is 37.3 Å². The second kappa shape index (κ2) is 9.18. The number of Topliss-reactive ketones (excluding diaryl/α,β-unsaturated/α-hetero) is 1. The van der Waals surface area contributed by atoms with E-state index in [1.54, 1.807) is 12.1 Å². The SMILES string of the molecule is Cc1nc(-c2ccc(C(F)(F)F)cc2)sc1CSc1ccc2c(c1)C(=O)C(CC(=O)O)CO2. The van der Waals surface area contributed by atoms with Crippen molar-refractivity contribution in [3.05, 3.63) is 64.2 Å². The second-order valence-electron chi connectivity index (χ2n) is 7.52. The standard InChI is InChI=1S/C23H18F3NO4S2/c1-12-19(33-22(27-12)13-2-4-15(5-3-13)23(24,25)26)11-32-16-6-7-18-17(9-16)21(30)14(10-31-18)8-20(28)29/h2-7,9,14H,8,10-11H2,1H3,(H,28,29). The molecule has 0 amide bonds. The number of aliphatic carboxylic acids is 1. The predicted molar refractivity (Wildman–Crippen MR) is 119 cm³/mol. The van der Waals surface area contributed by atoms with Crippen LogP contribution in [0.25, 0.3) is 10.6 Å². The van der Waals surface area contributed by atoms with Crippen molar-refractivity contribution in [1.29, 1.82) is 0 Å². The molecule has 5 nitrogen and oxygen atoms in total. The molecule has 0 radical (unpaired) electrons. The van der Waals surface area contributed by atoms with Crippen LogP contribution >= 0.6 is 23.1 Å². The lowest BCUT2D eigenvalue weighted by atomic mass is 9.92. The lowest BCUT2D eigenvalue weighted by Crippen LogP contribution is -2.29. The first-order valence-electron chi connectivity index (χ1n) is 9.91. The summed E-state index contributed by atoms with van der Waals surface area (Å²) in [5, 5.41) is 9.63. The van der Waals surface area contributed by atoms with Gasteiger partial charge in [0.2, 0.25) is 0 Å². The number of aryl methyl sites for hydroxylation is 1. The minimum absolute atomic E-state index is 0.0530. The van der Waals surface area contributed by atoms with Gasteiger partial charge < -0.3 is 9.84 Å². The number of fused-ring (bicyclic) bond motifs is 1. The van der Waals surface area contributed by atoms with Crippen molar-refractivity contribution in [3.8, 4) is 16.3 Å². The molecule has 0 spiro atoms. The van der Waals surface area contributed by atoms with Gasteiger partial charge in [-0.25, -0.2) is 4.98 Å². The number of aromatic nitrogens is 1. The Bertz CT molecular complexity index is 1210. The van der Waals surface area contributed by atoms with Crippen LogP contribution < -0.4 is 4.74 Å². The molecule has 1 aromatic heterocycles. The highest BCUT2D eigenvalue weighted by atomic mass is 32.2. The normalized spacial score (nSPS) is 15.8. The first-order chi connectivity index (χ1) is 15.6. The number of thioether (sulfide) groups is 1. The van der Waals surface area contributed by atoms with Crippen molar-refractivity contribution in [2.75, 3.05) is 6.61 Å². The van der Waals surface area contributed by atoms with Crippen LogP contribution in [-0.4, -0.2) is 28.4 Å². The fourth-order valence-corrected chi connectivity index (χ4v) is 5.55. The number of carboxylic acid groups (broad SMARTS) is 1. The maximum atomic E-state index is 12.8. The fourth-order valence-electron chi connectivity index (χ4n) is 3.40. The summed E-state index contributed by atoms with van der Waals surface area (Å²) in [5.41, 5.74) is 1.09. The molecule has 172 valence electrons. The van der Waals surface area contributed by atoms with Crippen LogP contribution in [0.5, 0.6) is 5.75 Å². The van der Waals surface area contributed by atoms with Crippen LogP contribution in [0.15, 0.2) is 47.4 Å². The molecule has 0 bridgehead atoms. The lowest BCUT2D eigenvalue weighted by molar-refractivity contribution is -0.138. The van der Waals surface area contributed by atoms with E-state index in [9.17, 15) is 22.8 Å². The van der Waals surface area contributed by atoms with Crippen LogP contribution in [0.4, 0.5) is 13.2 Å². The maximum Gasteiger partial charge on any atom is 0.416 e. The number of ketones is 1. The topological polar surface area (TPSA) is 76.5 Å². The Kier molecular flexibility index (Phi) is 6.49. The number of benzene rings is 2. The number of hydrogen-bond donors (Lipinski definition) is 1.